The number of nitrogens with zero attached hydrogens (tertiary/aromatic N) is 3. The molecule has 0 amide bonds. The first-order valence-corrected chi connectivity index (χ1v) is 25.9. The second kappa shape index (κ2) is 16.1. The number of anilines is 3. The van der Waals surface area contributed by atoms with Gasteiger partial charge in [0.1, 0.15) is 0 Å². The molecule has 0 fully saturated rings. The van der Waals surface area contributed by atoms with Crippen molar-refractivity contribution in [2.45, 2.75) is 5.41 Å². The maximum Gasteiger partial charge on any atom is 0.0727 e. The van der Waals surface area contributed by atoms with Crippen LogP contribution in [0.3, 0.4) is 0 Å². The lowest BCUT2D eigenvalue weighted by atomic mass is 9.70. The van der Waals surface area contributed by atoms with Gasteiger partial charge in [0.2, 0.25) is 0 Å². The van der Waals surface area contributed by atoms with Gasteiger partial charge < -0.3 is 9.47 Å². The molecule has 0 bridgehead atoms. The molecule has 3 nitrogen and oxygen atoms in total. The van der Waals surface area contributed by atoms with Crippen molar-refractivity contribution >= 4 is 71.3 Å². The number of hydrogen-bond donors (Lipinski definition) is 0. The predicted octanol–water partition coefficient (Wildman–Crippen LogP) is 18.8. The van der Waals surface area contributed by atoms with Crippen LogP contribution in [0.15, 0.2) is 273 Å². The molecule has 75 heavy (non-hydrogen) atoms. The molecule has 0 atom stereocenters. The number of benzene rings is 12. The Morgan fingerprint density at radius 1 is 0.307 bits per heavy atom. The Labute approximate surface area is 434 Å². The topological polar surface area (TPSA) is 21.1 Å². The summed E-state index contributed by atoms with van der Waals surface area (Å²) in [5.41, 5.74) is 22.2. The zero-order valence-corrected chi connectivity index (χ0v) is 40.8. The molecule has 0 N–H and O–H groups in total. The summed E-state index contributed by atoms with van der Waals surface area (Å²) >= 11 is 0. The summed E-state index contributed by atoms with van der Waals surface area (Å²) in [7, 11) is 0. The molecule has 0 aliphatic heterocycles. The van der Waals surface area contributed by atoms with Gasteiger partial charge in [0.15, 0.2) is 0 Å². The maximum atomic E-state index is 4.97. The smallest absolute Gasteiger partial charge is 0.0727 e. The lowest BCUT2D eigenvalue weighted by Gasteiger charge is -2.32. The van der Waals surface area contributed by atoms with E-state index in [1.807, 2.05) is 6.20 Å². The average molecular weight is 952 g/mol. The fourth-order valence-electron chi connectivity index (χ4n) is 13.2. The van der Waals surface area contributed by atoms with E-state index in [0.717, 1.165) is 33.7 Å². The maximum absolute atomic E-state index is 4.97. The lowest BCUT2D eigenvalue weighted by Crippen LogP contribution is -2.26. The quantitative estimate of drug-likeness (QED) is 0.155. The zero-order chi connectivity index (χ0) is 49.2. The number of pyridine rings is 1. The molecule has 2 aromatic heterocycles. The second-order valence-electron chi connectivity index (χ2n) is 20.2. The molecule has 12 aromatic carbocycles. The second-order valence-corrected chi connectivity index (χ2v) is 20.2. The van der Waals surface area contributed by atoms with E-state index < -0.39 is 5.41 Å². The zero-order valence-electron chi connectivity index (χ0n) is 40.8. The molecule has 1 spiro atoms. The van der Waals surface area contributed by atoms with Gasteiger partial charge >= 0.3 is 0 Å². The third kappa shape index (κ3) is 6.07. The first-order chi connectivity index (χ1) is 37.2. The summed E-state index contributed by atoms with van der Waals surface area (Å²) in [6.07, 6.45) is 2.01. The summed E-state index contributed by atoms with van der Waals surface area (Å²) in [4.78, 5) is 7.33. The number of aromatic nitrogens is 2. The van der Waals surface area contributed by atoms with Crippen molar-refractivity contribution in [3.8, 4) is 50.2 Å². The van der Waals surface area contributed by atoms with Crippen molar-refractivity contribution in [1.29, 1.82) is 0 Å². The molecule has 3 heteroatoms. The standard InChI is InChI=1S/C72H45N3/c1-2-17-51(18-3-1)74(54-41-50-16-5-12-27-69(50)73-45-54)52-35-38-61-62-39-36-53(44-68(62)72(67(61)43-52)65-25-10-7-20-59(65)60-21-8-11-26-66(60)72)75-70-28-13-9-22-63(70)64-42-49(34-40-71(64)75)46-29-31-48(32-30-46)56-23-14-24-57-55-19-6-4-15-47(55)33-37-58(56)57/h1-45H. The number of hydrogen-bond acceptors (Lipinski definition) is 2. The molecule has 2 aliphatic rings. The highest BCUT2D eigenvalue weighted by molar-refractivity contribution is 6.13. The summed E-state index contributed by atoms with van der Waals surface area (Å²) in [5, 5.41) is 8.68. The highest BCUT2D eigenvalue weighted by atomic mass is 15.1. The van der Waals surface area contributed by atoms with E-state index in [2.05, 4.69) is 276 Å². The number of rotatable bonds is 6. The van der Waals surface area contributed by atoms with Gasteiger partial charge in [-0.15, -0.1) is 0 Å². The Morgan fingerprint density at radius 2 is 0.920 bits per heavy atom. The molecule has 0 saturated heterocycles. The minimum Gasteiger partial charge on any atom is -0.309 e. The highest BCUT2D eigenvalue weighted by Gasteiger charge is 2.52. The molecule has 16 rings (SSSR count). The Bertz CT molecular complexity index is 4610. The minimum atomic E-state index is -0.578. The fraction of sp³-hybridized carbons (Fsp3) is 0.0139. The van der Waals surface area contributed by atoms with Crippen molar-refractivity contribution in [3.05, 3.63) is 295 Å². The Hall–Kier alpha value is -9.83. The third-order valence-corrected chi connectivity index (χ3v) is 16.4. The number of para-hydroxylation sites is 3. The van der Waals surface area contributed by atoms with Gasteiger partial charge in [-0.2, -0.15) is 0 Å². The predicted molar refractivity (Wildman–Crippen MR) is 313 cm³/mol. The van der Waals surface area contributed by atoms with E-state index in [0.29, 0.717) is 0 Å². The van der Waals surface area contributed by atoms with Crippen molar-refractivity contribution in [1.82, 2.24) is 9.55 Å². The molecule has 0 unspecified atom stereocenters. The van der Waals surface area contributed by atoms with Crippen molar-refractivity contribution in [3.63, 3.8) is 0 Å². The molecule has 0 radical (unpaired) electrons. The van der Waals surface area contributed by atoms with Crippen molar-refractivity contribution < 1.29 is 0 Å². The van der Waals surface area contributed by atoms with Gasteiger partial charge in [-0.3, -0.25) is 4.98 Å². The summed E-state index contributed by atoms with van der Waals surface area (Å²) in [6, 6.07) is 98.8. The first kappa shape index (κ1) is 41.8. The lowest BCUT2D eigenvalue weighted by molar-refractivity contribution is 0.792. The van der Waals surface area contributed by atoms with Crippen LogP contribution in [0.25, 0.3) is 104 Å². The van der Waals surface area contributed by atoms with Crippen LogP contribution in [-0.2, 0) is 5.41 Å². The van der Waals surface area contributed by atoms with Crippen LogP contribution in [0, 0.1) is 0 Å². The number of fused-ring (bicyclic) bond motifs is 17. The van der Waals surface area contributed by atoms with Gasteiger partial charge in [0.05, 0.1) is 33.8 Å². The molecule has 0 saturated carbocycles. The van der Waals surface area contributed by atoms with E-state index in [-0.39, 0.29) is 0 Å². The normalized spacial score (nSPS) is 12.9. The van der Waals surface area contributed by atoms with E-state index in [9.17, 15) is 0 Å². The molecule has 2 aliphatic carbocycles. The Kier molecular flexibility index (Phi) is 8.96. The Morgan fingerprint density at radius 3 is 1.75 bits per heavy atom. The molecular weight excluding hydrogens is 907 g/mol. The molecule has 14 aromatic rings. The van der Waals surface area contributed by atoms with Gasteiger partial charge in [0, 0.05) is 33.2 Å². The van der Waals surface area contributed by atoms with Gasteiger partial charge in [-0.1, -0.05) is 200 Å². The van der Waals surface area contributed by atoms with Crippen LogP contribution >= 0.6 is 0 Å². The largest absolute Gasteiger partial charge is 0.309 e. The van der Waals surface area contributed by atoms with Crippen molar-refractivity contribution in [2.75, 3.05) is 4.90 Å². The van der Waals surface area contributed by atoms with Crippen LogP contribution in [0.5, 0.6) is 0 Å². The average Bonchev–Trinajstić information content (AvgIpc) is 4.09. The highest BCUT2D eigenvalue weighted by Crippen LogP contribution is 2.64. The van der Waals surface area contributed by atoms with Crippen LogP contribution < -0.4 is 4.90 Å². The molecule has 348 valence electrons. The molecular formula is C72H45N3. The first-order valence-electron chi connectivity index (χ1n) is 25.9. The summed E-state index contributed by atoms with van der Waals surface area (Å²) < 4.78 is 2.49. The monoisotopic (exact) mass is 951 g/mol. The van der Waals surface area contributed by atoms with E-state index in [1.165, 1.54) is 110 Å². The van der Waals surface area contributed by atoms with E-state index in [1.54, 1.807) is 0 Å². The SMILES string of the molecule is c1ccc(N(c2ccc3c(c2)C2(c4ccccc4-c4ccccc42)c2cc(-n4c5ccccc5c5cc(-c6ccc(-c7cccc8c7ccc7ccccc78)cc6)ccc54)ccc2-3)c2cnc3ccccc3c2)cc1. The van der Waals surface area contributed by atoms with Crippen LogP contribution in [-0.4, -0.2) is 9.55 Å². The van der Waals surface area contributed by atoms with E-state index in [4.69, 9.17) is 4.98 Å². The van der Waals surface area contributed by atoms with Gasteiger partial charge in [-0.25, -0.2) is 0 Å². The summed E-state index contributed by atoms with van der Waals surface area (Å²) in [6.45, 7) is 0. The molecule has 2 heterocycles. The minimum absolute atomic E-state index is 0.578. The van der Waals surface area contributed by atoms with E-state index >= 15 is 0 Å². The van der Waals surface area contributed by atoms with Crippen molar-refractivity contribution in [2.24, 2.45) is 0 Å². The Balaban J connectivity index is 0.853. The van der Waals surface area contributed by atoms with Crippen LogP contribution in [0.4, 0.5) is 17.1 Å². The van der Waals surface area contributed by atoms with Gasteiger partial charge in [0.25, 0.3) is 0 Å². The summed E-state index contributed by atoms with van der Waals surface area (Å²) in [5.74, 6) is 0. The fourth-order valence-corrected chi connectivity index (χ4v) is 13.2. The van der Waals surface area contributed by atoms with Gasteiger partial charge in [-0.05, 0) is 155 Å². The van der Waals surface area contributed by atoms with Crippen LogP contribution in [0.2, 0.25) is 0 Å². The van der Waals surface area contributed by atoms with Crippen LogP contribution in [0.1, 0.15) is 22.3 Å². The third-order valence-electron chi connectivity index (χ3n) is 16.4.